The molecule has 25 heavy (non-hydrogen) atoms. The summed E-state index contributed by atoms with van der Waals surface area (Å²) in [6.07, 6.45) is 9.55. The Hall–Kier alpha value is -2.12. The molecule has 2 amide bonds. The number of rotatable bonds is 12. The Morgan fingerprint density at radius 2 is 1.52 bits per heavy atom. The first kappa shape index (κ1) is 20.9. The molecule has 0 saturated heterocycles. The number of nitrogen functional groups attached to an aromatic ring is 2. The summed E-state index contributed by atoms with van der Waals surface area (Å²) >= 11 is 0. The molecule has 0 fully saturated rings. The molecule has 0 saturated carbocycles. The Kier molecular flexibility index (Phi) is 10.3. The smallest absolute Gasteiger partial charge is 0.268 e. The van der Waals surface area contributed by atoms with Crippen LogP contribution in [-0.2, 0) is 0 Å². The van der Waals surface area contributed by atoms with Gasteiger partial charge >= 0.3 is 0 Å². The molecule has 7 heteroatoms. The second-order valence-electron chi connectivity index (χ2n) is 5.98. The van der Waals surface area contributed by atoms with Crippen molar-refractivity contribution in [2.24, 2.45) is 11.7 Å². The molecule has 1 rings (SSSR count). The normalized spacial score (nSPS) is 10.4. The predicted molar refractivity (Wildman–Crippen MR) is 97.9 cm³/mol. The highest BCUT2D eigenvalue weighted by Crippen LogP contribution is 2.21. The molecule has 0 unspecified atom stereocenters. The number of carbonyl (C=O) groups is 2. The molecular weight excluding hydrogens is 320 g/mol. The van der Waals surface area contributed by atoms with Crippen LogP contribution in [0.3, 0.4) is 0 Å². The lowest BCUT2D eigenvalue weighted by Gasteiger charge is -2.12. The zero-order valence-electron chi connectivity index (χ0n) is 15.0. The van der Waals surface area contributed by atoms with E-state index < -0.39 is 11.8 Å². The average Bonchev–Trinajstić information content (AvgIpc) is 2.65. The number of ether oxygens (including phenoxy) is 1. The molecule has 0 atom stereocenters. The van der Waals surface area contributed by atoms with Crippen LogP contribution in [0.4, 0.5) is 0 Å². The number of amides is 2. The van der Waals surface area contributed by atoms with Crippen LogP contribution in [0.15, 0.2) is 18.2 Å². The number of carbonyl (C=O) groups excluding carboxylic acids is 2. The summed E-state index contributed by atoms with van der Waals surface area (Å²) in [5, 5.41) is 0. The number of nitrogens with two attached hydrogens (primary N) is 2. The van der Waals surface area contributed by atoms with Crippen molar-refractivity contribution in [1.29, 1.82) is 0 Å². The fraction of sp³-hybridized carbons (Fsp3) is 0.556. The van der Waals surface area contributed by atoms with Crippen molar-refractivity contribution < 1.29 is 14.3 Å². The number of benzene rings is 1. The van der Waals surface area contributed by atoms with E-state index in [0.29, 0.717) is 17.9 Å². The van der Waals surface area contributed by atoms with Gasteiger partial charge in [-0.05, 0) is 24.6 Å². The molecule has 6 N–H and O–H groups in total. The third-order valence-electron chi connectivity index (χ3n) is 4.01. The molecule has 1 aromatic carbocycles. The van der Waals surface area contributed by atoms with E-state index in [1.807, 2.05) is 0 Å². The molecule has 140 valence electrons. The van der Waals surface area contributed by atoms with Crippen LogP contribution in [-0.4, -0.2) is 18.4 Å². The monoisotopic (exact) mass is 350 g/mol. The summed E-state index contributed by atoms with van der Waals surface area (Å²) in [6, 6.07) is 4.49. The third kappa shape index (κ3) is 7.53. The molecule has 0 aliphatic rings. The molecule has 0 radical (unpaired) electrons. The van der Waals surface area contributed by atoms with Crippen molar-refractivity contribution in [3.8, 4) is 5.75 Å². The second kappa shape index (κ2) is 12.3. The van der Waals surface area contributed by atoms with Crippen molar-refractivity contribution in [1.82, 2.24) is 10.9 Å². The van der Waals surface area contributed by atoms with E-state index in [1.165, 1.54) is 56.7 Å². The molecule has 1 aromatic rings. The minimum absolute atomic E-state index is 0.288. The molecule has 0 bridgehead atoms. The van der Waals surface area contributed by atoms with Gasteiger partial charge in [0, 0.05) is 5.56 Å². The van der Waals surface area contributed by atoms with Crippen LogP contribution in [0, 0.1) is 0 Å². The first-order valence-electron chi connectivity index (χ1n) is 8.92. The molecular formula is C18H30N4O3. The predicted octanol–water partition coefficient (Wildman–Crippen LogP) is 2.41. The first-order chi connectivity index (χ1) is 12.1. The summed E-state index contributed by atoms with van der Waals surface area (Å²) in [5.74, 6) is 9.74. The van der Waals surface area contributed by atoms with Crippen molar-refractivity contribution in [3.63, 3.8) is 0 Å². The third-order valence-corrected chi connectivity index (χ3v) is 4.01. The number of nitrogens with one attached hydrogen (secondary N) is 2. The highest BCUT2D eigenvalue weighted by Gasteiger charge is 2.15. The summed E-state index contributed by atoms with van der Waals surface area (Å²) in [7, 11) is 0. The van der Waals surface area contributed by atoms with Gasteiger partial charge in [-0.25, -0.2) is 11.7 Å². The highest BCUT2D eigenvalue weighted by atomic mass is 16.5. The molecule has 7 nitrogen and oxygen atoms in total. The lowest BCUT2D eigenvalue weighted by Crippen LogP contribution is -2.31. The van der Waals surface area contributed by atoms with Gasteiger partial charge in [0.2, 0.25) is 0 Å². The number of hydrazine groups is 2. The quantitative estimate of drug-likeness (QED) is 0.200. The molecule has 0 aromatic heterocycles. The lowest BCUT2D eigenvalue weighted by atomic mass is 10.1. The van der Waals surface area contributed by atoms with E-state index in [1.54, 1.807) is 0 Å². The van der Waals surface area contributed by atoms with Crippen LogP contribution in [0.2, 0.25) is 0 Å². The van der Waals surface area contributed by atoms with Gasteiger partial charge in [-0.3, -0.25) is 20.4 Å². The summed E-state index contributed by atoms with van der Waals surface area (Å²) in [5.41, 5.74) is 4.74. The van der Waals surface area contributed by atoms with Crippen LogP contribution >= 0.6 is 0 Å². The minimum atomic E-state index is -0.467. The highest BCUT2D eigenvalue weighted by molar-refractivity contribution is 5.99. The van der Waals surface area contributed by atoms with Gasteiger partial charge in [0.25, 0.3) is 11.8 Å². The van der Waals surface area contributed by atoms with Gasteiger partial charge < -0.3 is 4.74 Å². The van der Waals surface area contributed by atoms with Crippen LogP contribution in [0.5, 0.6) is 5.75 Å². The molecule has 0 aliphatic carbocycles. The standard InChI is InChI=1S/C18H30N4O3/c1-2-3-4-5-6-7-8-9-12-25-16-13-14(17(23)21-19)10-11-15(16)18(24)22-20/h10-11,13H,2-9,12,19-20H2,1H3,(H,21,23)(H,22,24). The Labute approximate surface area is 149 Å². The van der Waals surface area contributed by atoms with Crippen LogP contribution in [0.1, 0.15) is 79.0 Å². The number of hydrogen-bond acceptors (Lipinski definition) is 5. The lowest BCUT2D eigenvalue weighted by molar-refractivity contribution is 0.0938. The first-order valence-corrected chi connectivity index (χ1v) is 8.92. The van der Waals surface area contributed by atoms with Crippen LogP contribution < -0.4 is 27.3 Å². The largest absolute Gasteiger partial charge is 0.493 e. The van der Waals surface area contributed by atoms with Gasteiger partial charge in [-0.15, -0.1) is 0 Å². The Balaban J connectivity index is 2.49. The van der Waals surface area contributed by atoms with Crippen molar-refractivity contribution in [2.75, 3.05) is 6.61 Å². The van der Waals surface area contributed by atoms with Crippen molar-refractivity contribution >= 4 is 11.8 Å². The average molecular weight is 350 g/mol. The van der Waals surface area contributed by atoms with Crippen molar-refractivity contribution in [3.05, 3.63) is 29.3 Å². The number of hydrogen-bond donors (Lipinski definition) is 4. The van der Waals surface area contributed by atoms with E-state index in [0.717, 1.165) is 12.8 Å². The fourth-order valence-electron chi connectivity index (χ4n) is 2.55. The van der Waals surface area contributed by atoms with Crippen molar-refractivity contribution in [2.45, 2.75) is 58.3 Å². The Morgan fingerprint density at radius 1 is 0.920 bits per heavy atom. The van der Waals surface area contributed by atoms with Gasteiger partial charge in [0.05, 0.1) is 12.2 Å². The Bertz CT molecular complexity index is 549. The fourth-order valence-corrected chi connectivity index (χ4v) is 2.55. The van der Waals surface area contributed by atoms with E-state index in [2.05, 4.69) is 17.8 Å². The second-order valence-corrected chi connectivity index (χ2v) is 5.98. The van der Waals surface area contributed by atoms with Gasteiger partial charge in [0.1, 0.15) is 5.75 Å². The molecule has 0 heterocycles. The zero-order valence-corrected chi connectivity index (χ0v) is 15.0. The summed E-state index contributed by atoms with van der Waals surface area (Å²) < 4.78 is 5.70. The van der Waals surface area contributed by atoms with Gasteiger partial charge in [-0.1, -0.05) is 51.9 Å². The summed E-state index contributed by atoms with van der Waals surface area (Å²) in [4.78, 5) is 23.4. The summed E-state index contributed by atoms with van der Waals surface area (Å²) in [6.45, 7) is 2.69. The minimum Gasteiger partial charge on any atom is -0.493 e. The van der Waals surface area contributed by atoms with Crippen LogP contribution in [0.25, 0.3) is 0 Å². The maximum Gasteiger partial charge on any atom is 0.268 e. The zero-order chi connectivity index (χ0) is 18.5. The molecule has 0 aliphatic heterocycles. The number of unbranched alkanes of at least 4 members (excludes halogenated alkanes) is 7. The van der Waals surface area contributed by atoms with Gasteiger partial charge in [0.15, 0.2) is 0 Å². The van der Waals surface area contributed by atoms with E-state index in [4.69, 9.17) is 16.4 Å². The van der Waals surface area contributed by atoms with Gasteiger partial charge in [-0.2, -0.15) is 0 Å². The van der Waals surface area contributed by atoms with E-state index in [9.17, 15) is 9.59 Å². The van der Waals surface area contributed by atoms with E-state index in [-0.39, 0.29) is 5.56 Å². The van der Waals surface area contributed by atoms with E-state index >= 15 is 0 Å². The maximum absolute atomic E-state index is 11.8. The topological polar surface area (TPSA) is 119 Å². The molecule has 0 spiro atoms. The Morgan fingerprint density at radius 3 is 2.12 bits per heavy atom. The SMILES string of the molecule is CCCCCCCCCCOc1cc(C(=O)NN)ccc1C(=O)NN. The maximum atomic E-state index is 11.8.